The molecule has 0 spiro atoms. The normalized spacial score (nSPS) is 18.0. The van der Waals surface area contributed by atoms with Crippen LogP contribution >= 0.6 is 11.6 Å². The van der Waals surface area contributed by atoms with Gasteiger partial charge in [0, 0.05) is 42.1 Å². The van der Waals surface area contributed by atoms with Gasteiger partial charge in [-0.05, 0) is 49.9 Å². The van der Waals surface area contributed by atoms with Crippen molar-refractivity contribution in [1.82, 2.24) is 30.6 Å². The molecule has 2 aromatic heterocycles. The predicted octanol–water partition coefficient (Wildman–Crippen LogP) is 4.87. The van der Waals surface area contributed by atoms with E-state index in [0.717, 1.165) is 23.7 Å². The van der Waals surface area contributed by atoms with Gasteiger partial charge in [-0.25, -0.2) is 4.68 Å². The third-order valence-electron chi connectivity index (χ3n) is 6.44. The molecule has 3 aromatic rings. The van der Waals surface area contributed by atoms with E-state index >= 15 is 0 Å². The summed E-state index contributed by atoms with van der Waals surface area (Å²) in [6.07, 6.45) is -0.977. The first-order chi connectivity index (χ1) is 18.0. The molecule has 1 aliphatic rings. The minimum absolute atomic E-state index is 0.0375. The molecule has 13 heteroatoms. The number of alkyl halides is 3. The third-order valence-corrected chi connectivity index (χ3v) is 6.69. The zero-order valence-electron chi connectivity index (χ0n) is 20.9. The van der Waals surface area contributed by atoms with E-state index in [1.807, 2.05) is 13.8 Å². The predicted molar refractivity (Wildman–Crippen MR) is 132 cm³/mol. The fourth-order valence-electron chi connectivity index (χ4n) is 4.34. The number of nitrogens with zero attached hydrogens (tertiary/aromatic N) is 4. The van der Waals surface area contributed by atoms with Gasteiger partial charge in [-0.15, -0.1) is 0 Å². The Labute approximate surface area is 222 Å². The van der Waals surface area contributed by atoms with Crippen molar-refractivity contribution < 1.29 is 27.3 Å². The lowest BCUT2D eigenvalue weighted by Crippen LogP contribution is -2.38. The van der Waals surface area contributed by atoms with Crippen LogP contribution in [0.25, 0.3) is 5.69 Å². The first kappa shape index (κ1) is 27.6. The van der Waals surface area contributed by atoms with Gasteiger partial charge in [0.2, 0.25) is 11.8 Å². The van der Waals surface area contributed by atoms with Crippen LogP contribution in [0.15, 0.2) is 35.0 Å². The van der Waals surface area contributed by atoms with E-state index in [-0.39, 0.29) is 36.8 Å². The number of hydrogen-bond acceptors (Lipinski definition) is 6. The Morgan fingerprint density at radius 2 is 1.76 bits per heavy atom. The molecule has 2 heterocycles. The number of amides is 2. The molecule has 0 atom stereocenters. The van der Waals surface area contributed by atoms with Gasteiger partial charge in [-0.2, -0.15) is 23.3 Å². The lowest BCUT2D eigenvalue weighted by Gasteiger charge is -2.25. The highest BCUT2D eigenvalue weighted by atomic mass is 35.5. The molecule has 2 amide bonds. The molecule has 0 bridgehead atoms. The molecule has 1 aliphatic carbocycles. The number of rotatable bonds is 8. The van der Waals surface area contributed by atoms with Crippen LogP contribution < -0.4 is 10.6 Å². The van der Waals surface area contributed by atoms with Gasteiger partial charge in [-0.1, -0.05) is 30.6 Å². The number of carbonyl (C=O) groups excluding carboxylic acids is 2. The van der Waals surface area contributed by atoms with Gasteiger partial charge in [0.05, 0.1) is 11.3 Å². The van der Waals surface area contributed by atoms with E-state index in [0.29, 0.717) is 35.3 Å². The minimum Gasteiger partial charge on any atom is -0.354 e. The highest BCUT2D eigenvalue weighted by Gasteiger charge is 2.39. The van der Waals surface area contributed by atoms with Crippen LogP contribution in [0.2, 0.25) is 5.02 Å². The lowest BCUT2D eigenvalue weighted by atomic mass is 9.81. The van der Waals surface area contributed by atoms with Crippen LogP contribution in [0, 0.1) is 5.92 Å². The van der Waals surface area contributed by atoms with Crippen molar-refractivity contribution in [3.8, 4) is 5.69 Å². The molecule has 1 aromatic carbocycles. The van der Waals surface area contributed by atoms with Crippen molar-refractivity contribution in [1.29, 1.82) is 0 Å². The van der Waals surface area contributed by atoms with Crippen LogP contribution in [0.4, 0.5) is 13.2 Å². The molecular weight excluding hydrogens is 525 g/mol. The molecule has 9 nitrogen and oxygen atoms in total. The maximum absolute atomic E-state index is 13.5. The molecule has 0 aliphatic heterocycles. The van der Waals surface area contributed by atoms with Crippen molar-refractivity contribution in [3.63, 3.8) is 0 Å². The smallest absolute Gasteiger partial charge is 0.354 e. The standard InChI is InChI=1S/C25H28ClF3N6O3/c1-14(2)24-32-21(34-38-24)15-3-5-16(6-4-15)22(36)30-11-12-31-23(37)19-13-35(33-20(19)25(27,28)29)18-9-7-17(26)8-10-18/h7-10,13-16H,3-6,11-12H2,1-2H3,(H,30,36)(H,31,37). The average molecular weight is 553 g/mol. The second kappa shape index (κ2) is 11.5. The van der Waals surface area contributed by atoms with Crippen molar-refractivity contribution in [2.75, 3.05) is 13.1 Å². The number of benzene rings is 1. The Morgan fingerprint density at radius 1 is 1.11 bits per heavy atom. The molecule has 0 radical (unpaired) electrons. The Morgan fingerprint density at radius 3 is 2.37 bits per heavy atom. The van der Waals surface area contributed by atoms with Gasteiger partial charge in [0.25, 0.3) is 5.91 Å². The van der Waals surface area contributed by atoms with E-state index < -0.39 is 23.3 Å². The summed E-state index contributed by atoms with van der Waals surface area (Å²) in [5, 5.41) is 13.2. The van der Waals surface area contributed by atoms with Gasteiger partial charge < -0.3 is 15.2 Å². The summed E-state index contributed by atoms with van der Waals surface area (Å²) < 4.78 is 46.8. The number of halogens is 4. The second-order valence-electron chi connectivity index (χ2n) is 9.55. The largest absolute Gasteiger partial charge is 0.435 e. The monoisotopic (exact) mass is 552 g/mol. The van der Waals surface area contributed by atoms with Crippen LogP contribution in [-0.2, 0) is 11.0 Å². The van der Waals surface area contributed by atoms with Crippen molar-refractivity contribution in [2.45, 2.75) is 57.5 Å². The molecule has 2 N–H and O–H groups in total. The number of hydrogen-bond donors (Lipinski definition) is 2. The fraction of sp³-hybridized carbons (Fsp3) is 0.480. The zero-order valence-corrected chi connectivity index (χ0v) is 21.6. The Kier molecular flexibility index (Phi) is 8.39. The molecule has 38 heavy (non-hydrogen) atoms. The third kappa shape index (κ3) is 6.53. The summed E-state index contributed by atoms with van der Waals surface area (Å²) >= 11 is 5.83. The summed E-state index contributed by atoms with van der Waals surface area (Å²) in [5.41, 5.74) is -1.59. The highest BCUT2D eigenvalue weighted by molar-refractivity contribution is 6.30. The van der Waals surface area contributed by atoms with Crippen LogP contribution in [0.5, 0.6) is 0 Å². The van der Waals surface area contributed by atoms with Crippen LogP contribution in [-0.4, -0.2) is 44.8 Å². The summed E-state index contributed by atoms with van der Waals surface area (Å²) in [4.78, 5) is 29.6. The Bertz CT molecular complexity index is 1260. The average Bonchev–Trinajstić information content (AvgIpc) is 3.55. The molecule has 204 valence electrons. The SMILES string of the molecule is CC(C)c1nc(C2CCC(C(=O)NCCNC(=O)c3cn(-c4ccc(Cl)cc4)nc3C(F)(F)F)CC2)no1. The van der Waals surface area contributed by atoms with Crippen molar-refractivity contribution >= 4 is 23.4 Å². The minimum atomic E-state index is -4.82. The first-order valence-corrected chi connectivity index (χ1v) is 12.7. The van der Waals surface area contributed by atoms with Crippen LogP contribution in [0.1, 0.15) is 79.1 Å². The summed E-state index contributed by atoms with van der Waals surface area (Å²) in [5.74, 6) is 0.292. The Hall–Kier alpha value is -3.41. The Balaban J connectivity index is 1.27. The summed E-state index contributed by atoms with van der Waals surface area (Å²) in [6, 6.07) is 6.00. The van der Waals surface area contributed by atoms with E-state index in [1.165, 1.54) is 24.3 Å². The molecule has 4 rings (SSSR count). The topological polar surface area (TPSA) is 115 Å². The number of nitrogens with one attached hydrogen (secondary N) is 2. The molecule has 1 fully saturated rings. The van der Waals surface area contributed by atoms with Crippen LogP contribution in [0.3, 0.4) is 0 Å². The number of aromatic nitrogens is 4. The summed E-state index contributed by atoms with van der Waals surface area (Å²) in [6.45, 7) is 4.00. The van der Waals surface area contributed by atoms with Gasteiger partial charge in [0.1, 0.15) is 0 Å². The van der Waals surface area contributed by atoms with E-state index in [4.69, 9.17) is 16.1 Å². The molecule has 0 unspecified atom stereocenters. The van der Waals surface area contributed by atoms with Crippen molar-refractivity contribution in [3.05, 3.63) is 58.5 Å². The van der Waals surface area contributed by atoms with Gasteiger partial charge in [0.15, 0.2) is 11.5 Å². The highest BCUT2D eigenvalue weighted by Crippen LogP contribution is 2.35. The zero-order chi connectivity index (χ0) is 27.4. The molecule has 1 saturated carbocycles. The van der Waals surface area contributed by atoms with E-state index in [2.05, 4.69) is 25.9 Å². The van der Waals surface area contributed by atoms with E-state index in [1.54, 1.807) is 0 Å². The maximum atomic E-state index is 13.5. The fourth-order valence-corrected chi connectivity index (χ4v) is 4.46. The first-order valence-electron chi connectivity index (χ1n) is 12.3. The summed E-state index contributed by atoms with van der Waals surface area (Å²) in [7, 11) is 0. The lowest BCUT2D eigenvalue weighted by molar-refractivity contribution is -0.141. The maximum Gasteiger partial charge on any atom is 0.435 e. The van der Waals surface area contributed by atoms with E-state index in [9.17, 15) is 22.8 Å². The second-order valence-corrected chi connectivity index (χ2v) is 9.99. The quantitative estimate of drug-likeness (QED) is 0.385. The molecular formula is C25H28ClF3N6O3. The molecule has 0 saturated heterocycles. The van der Waals surface area contributed by atoms with Gasteiger partial charge in [-0.3, -0.25) is 9.59 Å². The van der Waals surface area contributed by atoms with Gasteiger partial charge >= 0.3 is 6.18 Å². The number of carbonyl (C=O) groups is 2. The van der Waals surface area contributed by atoms with Crippen molar-refractivity contribution in [2.24, 2.45) is 5.92 Å².